The summed E-state index contributed by atoms with van der Waals surface area (Å²) >= 11 is 0. The smallest absolute Gasteiger partial charge is 0.245 e. The van der Waals surface area contributed by atoms with E-state index in [0.717, 1.165) is 44.2 Å². The molecule has 1 atom stereocenters. The van der Waals surface area contributed by atoms with Gasteiger partial charge in [0.2, 0.25) is 5.91 Å². The predicted octanol–water partition coefficient (Wildman–Crippen LogP) is 1.42. The molecule has 5 heteroatoms. The number of ether oxygens (including phenoxy) is 1. The van der Waals surface area contributed by atoms with Crippen LogP contribution in [-0.4, -0.2) is 50.1 Å². The second kappa shape index (κ2) is 8.72. The van der Waals surface area contributed by atoms with Gasteiger partial charge in [-0.1, -0.05) is 30.3 Å². The first-order valence-corrected chi connectivity index (χ1v) is 9.22. The number of nitrogens with one attached hydrogen (secondary N) is 2. The fourth-order valence-corrected chi connectivity index (χ4v) is 3.38. The third kappa shape index (κ3) is 4.76. The second-order valence-corrected chi connectivity index (χ2v) is 6.83. The third-order valence-corrected chi connectivity index (χ3v) is 4.92. The maximum absolute atomic E-state index is 12.7. The van der Waals surface area contributed by atoms with Crippen molar-refractivity contribution in [3.63, 3.8) is 0 Å². The van der Waals surface area contributed by atoms with Gasteiger partial charge in [0.15, 0.2) is 0 Å². The molecule has 0 bridgehead atoms. The molecule has 0 saturated carbocycles. The minimum Gasteiger partial charge on any atom is -0.497 e. The number of nitrogens with zero attached hydrogens (tertiary/aromatic N) is 1. The normalized spacial score (nSPS) is 16.2. The van der Waals surface area contributed by atoms with E-state index in [1.165, 1.54) is 10.5 Å². The maximum Gasteiger partial charge on any atom is 0.245 e. The van der Waals surface area contributed by atoms with Crippen LogP contribution < -0.4 is 15.0 Å². The van der Waals surface area contributed by atoms with Crippen LogP contribution in [0.2, 0.25) is 0 Å². The molecule has 2 aromatic carbocycles. The van der Waals surface area contributed by atoms with Gasteiger partial charge in [-0.15, -0.1) is 0 Å². The van der Waals surface area contributed by atoms with Crippen LogP contribution in [0.1, 0.15) is 12.5 Å². The van der Waals surface area contributed by atoms with Gasteiger partial charge in [-0.3, -0.25) is 4.79 Å². The Labute approximate surface area is 155 Å². The highest BCUT2D eigenvalue weighted by atomic mass is 16.5. The van der Waals surface area contributed by atoms with E-state index in [0.29, 0.717) is 0 Å². The number of anilines is 1. The number of methoxy groups -OCH3 is 1. The zero-order chi connectivity index (χ0) is 18.4. The molecule has 0 radical (unpaired) electrons. The average molecular weight is 354 g/mol. The molecular weight excluding hydrogens is 326 g/mol. The summed E-state index contributed by atoms with van der Waals surface area (Å²) in [6.07, 6.45) is 0. The number of carbonyl (C=O) groups excluding carboxylic acids is 1. The van der Waals surface area contributed by atoms with Crippen molar-refractivity contribution >= 4 is 11.6 Å². The lowest BCUT2D eigenvalue weighted by Crippen LogP contribution is -3.13. The Hall–Kier alpha value is -2.53. The molecule has 1 heterocycles. The number of rotatable bonds is 6. The van der Waals surface area contributed by atoms with Crippen LogP contribution >= 0.6 is 0 Å². The molecule has 26 heavy (non-hydrogen) atoms. The van der Waals surface area contributed by atoms with Gasteiger partial charge in [-0.2, -0.15) is 0 Å². The van der Waals surface area contributed by atoms with Gasteiger partial charge in [-0.05, 0) is 31.2 Å². The summed E-state index contributed by atoms with van der Waals surface area (Å²) in [5.41, 5.74) is 2.29. The van der Waals surface area contributed by atoms with E-state index >= 15 is 0 Å². The van der Waals surface area contributed by atoms with Gasteiger partial charge in [-0.25, -0.2) is 0 Å². The summed E-state index contributed by atoms with van der Waals surface area (Å²) in [5, 5.41) is 3.29. The first-order chi connectivity index (χ1) is 12.7. The number of carbonyl (C=O) groups is 1. The fourth-order valence-electron chi connectivity index (χ4n) is 3.38. The van der Waals surface area contributed by atoms with Crippen LogP contribution in [0.15, 0.2) is 54.6 Å². The van der Waals surface area contributed by atoms with E-state index < -0.39 is 0 Å². The van der Waals surface area contributed by atoms with E-state index in [1.807, 2.05) is 42.2 Å². The Bertz CT molecular complexity index is 695. The van der Waals surface area contributed by atoms with Crippen LogP contribution in [0.25, 0.3) is 0 Å². The molecule has 0 aromatic heterocycles. The van der Waals surface area contributed by atoms with E-state index in [1.54, 1.807) is 7.11 Å². The molecule has 3 rings (SSSR count). The molecule has 0 unspecified atom stereocenters. The van der Waals surface area contributed by atoms with Crippen LogP contribution in [0.4, 0.5) is 5.69 Å². The summed E-state index contributed by atoms with van der Waals surface area (Å²) in [5.74, 6) is 0.978. The zero-order valence-corrected chi connectivity index (χ0v) is 15.6. The number of hydrogen-bond acceptors (Lipinski definition) is 3. The van der Waals surface area contributed by atoms with Gasteiger partial charge in [0.1, 0.15) is 18.3 Å². The maximum atomic E-state index is 12.7. The quantitative estimate of drug-likeness (QED) is 0.825. The molecule has 1 aliphatic heterocycles. The van der Waals surface area contributed by atoms with Crippen molar-refractivity contribution in [1.29, 1.82) is 0 Å². The van der Waals surface area contributed by atoms with Gasteiger partial charge in [0.05, 0.1) is 33.3 Å². The molecule has 138 valence electrons. The van der Waals surface area contributed by atoms with Crippen LogP contribution in [-0.2, 0) is 11.3 Å². The molecular formula is C21H28N3O2+. The van der Waals surface area contributed by atoms with E-state index in [4.69, 9.17) is 4.74 Å². The van der Waals surface area contributed by atoms with Crippen LogP contribution in [0, 0.1) is 0 Å². The number of piperazine rings is 1. The lowest BCUT2D eigenvalue weighted by Gasteiger charge is -2.34. The van der Waals surface area contributed by atoms with Gasteiger partial charge in [0, 0.05) is 11.3 Å². The van der Waals surface area contributed by atoms with Crippen molar-refractivity contribution in [2.75, 3.05) is 38.6 Å². The fraction of sp³-hybridized carbons (Fsp3) is 0.381. The van der Waals surface area contributed by atoms with E-state index in [2.05, 4.69) is 29.6 Å². The Morgan fingerprint density at radius 3 is 2.38 bits per heavy atom. The molecule has 1 amide bonds. The molecule has 1 aliphatic rings. The number of quaternary nitrogens is 1. The molecule has 5 nitrogen and oxygen atoms in total. The Kier molecular flexibility index (Phi) is 6.12. The third-order valence-electron chi connectivity index (χ3n) is 4.92. The first-order valence-electron chi connectivity index (χ1n) is 9.22. The van der Waals surface area contributed by atoms with Gasteiger partial charge >= 0.3 is 0 Å². The molecule has 2 aromatic rings. The van der Waals surface area contributed by atoms with Crippen LogP contribution in [0.3, 0.4) is 0 Å². The van der Waals surface area contributed by atoms with Crippen molar-refractivity contribution < 1.29 is 14.4 Å². The number of amides is 1. The summed E-state index contributed by atoms with van der Waals surface area (Å²) in [4.78, 5) is 16.2. The van der Waals surface area contributed by atoms with E-state index in [9.17, 15) is 4.79 Å². The molecule has 1 fully saturated rings. The Balaban J connectivity index is 1.47. The van der Waals surface area contributed by atoms with Gasteiger partial charge < -0.3 is 19.9 Å². The highest BCUT2D eigenvalue weighted by molar-refractivity contribution is 5.84. The standard InChI is InChI=1S/C21H27N3O2/c1-17(22-19-8-10-20(26-2)11-9-19)21(25)24-14-12-23(13-15-24)16-18-6-4-3-5-7-18/h3-11,17,22H,12-16H2,1-2H3/p+1/t17-/m0/s1. The largest absolute Gasteiger partial charge is 0.497 e. The van der Waals surface area contributed by atoms with Crippen molar-refractivity contribution in [3.05, 3.63) is 60.2 Å². The van der Waals surface area contributed by atoms with Crippen LogP contribution in [0.5, 0.6) is 5.75 Å². The monoisotopic (exact) mass is 354 g/mol. The lowest BCUT2D eigenvalue weighted by molar-refractivity contribution is -0.917. The summed E-state index contributed by atoms with van der Waals surface area (Å²) in [6, 6.07) is 18.0. The average Bonchev–Trinajstić information content (AvgIpc) is 2.69. The Morgan fingerprint density at radius 2 is 1.77 bits per heavy atom. The zero-order valence-electron chi connectivity index (χ0n) is 15.6. The van der Waals surface area contributed by atoms with Crippen molar-refractivity contribution in [1.82, 2.24) is 4.90 Å². The topological polar surface area (TPSA) is 46.0 Å². The lowest BCUT2D eigenvalue weighted by atomic mass is 10.2. The molecule has 0 spiro atoms. The highest BCUT2D eigenvalue weighted by Gasteiger charge is 2.26. The summed E-state index contributed by atoms with van der Waals surface area (Å²) < 4.78 is 5.16. The summed E-state index contributed by atoms with van der Waals surface area (Å²) in [6.45, 7) is 6.58. The van der Waals surface area contributed by atoms with Gasteiger partial charge in [0.25, 0.3) is 0 Å². The number of benzene rings is 2. The SMILES string of the molecule is COc1ccc(N[C@@H](C)C(=O)N2CC[NH+](Cc3ccccc3)CC2)cc1. The minimum atomic E-state index is -0.237. The molecule has 1 saturated heterocycles. The van der Waals surface area contributed by atoms with Crippen molar-refractivity contribution in [2.45, 2.75) is 19.5 Å². The van der Waals surface area contributed by atoms with Crippen molar-refractivity contribution in [3.8, 4) is 5.75 Å². The first kappa shape index (κ1) is 18.3. The second-order valence-electron chi connectivity index (χ2n) is 6.83. The number of hydrogen-bond donors (Lipinski definition) is 2. The highest BCUT2D eigenvalue weighted by Crippen LogP contribution is 2.16. The summed E-state index contributed by atoms with van der Waals surface area (Å²) in [7, 11) is 1.65. The predicted molar refractivity (Wildman–Crippen MR) is 104 cm³/mol. The van der Waals surface area contributed by atoms with E-state index in [-0.39, 0.29) is 11.9 Å². The molecule has 2 N–H and O–H groups in total. The molecule has 0 aliphatic carbocycles. The minimum absolute atomic E-state index is 0.166. The van der Waals surface area contributed by atoms with Crippen molar-refractivity contribution in [2.24, 2.45) is 0 Å². The Morgan fingerprint density at radius 1 is 1.12 bits per heavy atom.